The lowest BCUT2D eigenvalue weighted by molar-refractivity contribution is -0.123. The molecule has 0 spiro atoms. The zero-order valence-electron chi connectivity index (χ0n) is 9.82. The average molecular weight is 234 g/mol. The van der Waals surface area contributed by atoms with Gasteiger partial charge in [-0.25, -0.2) is 4.79 Å². The van der Waals surface area contributed by atoms with Gasteiger partial charge in [-0.15, -0.1) is 0 Å². The van der Waals surface area contributed by atoms with Crippen LogP contribution in [0.5, 0.6) is 0 Å². The van der Waals surface area contributed by atoms with E-state index < -0.39 is 6.03 Å². The van der Waals surface area contributed by atoms with E-state index in [1.54, 1.807) is 0 Å². The molecule has 2 aliphatic rings. The summed E-state index contributed by atoms with van der Waals surface area (Å²) in [4.78, 5) is 23.3. The highest BCUT2D eigenvalue weighted by molar-refractivity contribution is 5.95. The number of carbonyl (C=O) groups is 2. The minimum Gasteiger partial charge on any atom is -0.328 e. The van der Waals surface area contributed by atoms with E-state index in [-0.39, 0.29) is 17.9 Å². The first-order chi connectivity index (χ1) is 8.25. The maximum atomic E-state index is 11.7. The van der Waals surface area contributed by atoms with Crippen molar-refractivity contribution < 1.29 is 9.59 Å². The van der Waals surface area contributed by atoms with E-state index >= 15 is 0 Å². The molecule has 0 radical (unpaired) electrons. The second-order valence-corrected chi connectivity index (χ2v) is 4.56. The van der Waals surface area contributed by atoms with E-state index in [9.17, 15) is 9.59 Å². The van der Waals surface area contributed by atoms with Crippen LogP contribution in [0.1, 0.15) is 32.1 Å². The van der Waals surface area contributed by atoms with Gasteiger partial charge in [0.15, 0.2) is 0 Å². The van der Waals surface area contributed by atoms with Crippen LogP contribution in [0.4, 0.5) is 4.79 Å². The molecular weight excluding hydrogens is 216 g/mol. The summed E-state index contributed by atoms with van der Waals surface area (Å²) in [5.41, 5.74) is 0. The van der Waals surface area contributed by atoms with Crippen molar-refractivity contribution in [2.45, 2.75) is 38.1 Å². The molecule has 92 valence electrons. The summed E-state index contributed by atoms with van der Waals surface area (Å²) in [5.74, 6) is -0.109. The highest BCUT2D eigenvalue weighted by Gasteiger charge is 2.24. The third-order valence-corrected chi connectivity index (χ3v) is 3.22. The maximum Gasteiger partial charge on any atom is 0.322 e. The number of allylic oxidation sites excluding steroid dienone is 2. The molecule has 0 heterocycles. The van der Waals surface area contributed by atoms with E-state index in [0.717, 1.165) is 32.1 Å². The van der Waals surface area contributed by atoms with Crippen molar-refractivity contribution in [3.63, 3.8) is 0 Å². The smallest absolute Gasteiger partial charge is 0.322 e. The molecule has 0 bridgehead atoms. The highest BCUT2D eigenvalue weighted by Crippen LogP contribution is 2.24. The van der Waals surface area contributed by atoms with Gasteiger partial charge in [-0.1, -0.05) is 37.1 Å². The lowest BCUT2D eigenvalue weighted by Gasteiger charge is -2.15. The Bertz CT molecular complexity index is 342. The highest BCUT2D eigenvalue weighted by atomic mass is 16.2. The molecule has 2 N–H and O–H groups in total. The number of carbonyl (C=O) groups excluding carboxylic acids is 2. The van der Waals surface area contributed by atoms with Gasteiger partial charge in [0.05, 0.1) is 6.04 Å². The number of nitrogens with one attached hydrogen (secondary N) is 2. The van der Waals surface area contributed by atoms with Crippen LogP contribution in [0.25, 0.3) is 0 Å². The molecule has 2 rings (SSSR count). The molecule has 0 saturated heterocycles. The van der Waals surface area contributed by atoms with Gasteiger partial charge in [0.2, 0.25) is 5.91 Å². The Kier molecular flexibility index (Phi) is 3.96. The number of rotatable bonds is 2. The Balaban J connectivity index is 1.76. The largest absolute Gasteiger partial charge is 0.328 e. The number of hydrogen-bond donors (Lipinski definition) is 2. The quantitative estimate of drug-likeness (QED) is 0.717. The first kappa shape index (κ1) is 11.9. The minimum absolute atomic E-state index is 0.0261. The molecule has 17 heavy (non-hydrogen) atoms. The van der Waals surface area contributed by atoms with E-state index in [0.29, 0.717) is 0 Å². The average Bonchev–Trinajstić information content (AvgIpc) is 2.83. The van der Waals surface area contributed by atoms with Gasteiger partial charge in [-0.05, 0) is 19.3 Å². The maximum absolute atomic E-state index is 11.7. The van der Waals surface area contributed by atoms with E-state index in [4.69, 9.17) is 0 Å². The Morgan fingerprint density at radius 2 is 1.71 bits per heavy atom. The van der Waals surface area contributed by atoms with Crippen LogP contribution in [0.2, 0.25) is 0 Å². The molecular formula is C13H18N2O2. The second kappa shape index (κ2) is 5.66. The van der Waals surface area contributed by atoms with Crippen LogP contribution in [-0.4, -0.2) is 18.0 Å². The first-order valence-corrected chi connectivity index (χ1v) is 6.20. The number of hydrogen-bond acceptors (Lipinski definition) is 2. The normalized spacial score (nSPS) is 20.5. The zero-order valence-corrected chi connectivity index (χ0v) is 9.82. The fourth-order valence-electron chi connectivity index (χ4n) is 2.28. The SMILES string of the molecule is O=C(NC(=O)C1CCCC1)NC1C=CCC=C1. The molecule has 0 aliphatic heterocycles. The fraction of sp³-hybridized carbons (Fsp3) is 0.538. The van der Waals surface area contributed by atoms with Gasteiger partial charge in [0.25, 0.3) is 0 Å². The van der Waals surface area contributed by atoms with Crippen molar-refractivity contribution in [2.75, 3.05) is 0 Å². The Labute approximate surface area is 101 Å². The first-order valence-electron chi connectivity index (χ1n) is 6.20. The van der Waals surface area contributed by atoms with Crippen LogP contribution in [0.3, 0.4) is 0 Å². The monoisotopic (exact) mass is 234 g/mol. The predicted octanol–water partition coefficient (Wildman–Crippen LogP) is 1.89. The second-order valence-electron chi connectivity index (χ2n) is 4.56. The van der Waals surface area contributed by atoms with Crippen LogP contribution >= 0.6 is 0 Å². The third kappa shape index (κ3) is 3.44. The molecule has 4 heteroatoms. The summed E-state index contributed by atoms with van der Waals surface area (Å²) in [5, 5.41) is 5.14. The molecule has 3 amide bonds. The van der Waals surface area contributed by atoms with Gasteiger partial charge in [-0.3, -0.25) is 10.1 Å². The van der Waals surface area contributed by atoms with Crippen LogP contribution in [0.15, 0.2) is 24.3 Å². The van der Waals surface area contributed by atoms with E-state index in [1.165, 1.54) is 0 Å². The summed E-state index contributed by atoms with van der Waals surface area (Å²) < 4.78 is 0. The van der Waals surface area contributed by atoms with Crippen molar-refractivity contribution in [3.8, 4) is 0 Å². The molecule has 0 aromatic rings. The molecule has 0 atom stereocenters. The third-order valence-electron chi connectivity index (χ3n) is 3.22. The van der Waals surface area contributed by atoms with Crippen LogP contribution in [0, 0.1) is 5.92 Å². The Hall–Kier alpha value is -1.58. The number of imide groups is 1. The summed E-state index contributed by atoms with van der Waals surface area (Å²) in [6.45, 7) is 0. The topological polar surface area (TPSA) is 58.2 Å². The van der Waals surface area contributed by atoms with Gasteiger partial charge >= 0.3 is 6.03 Å². The predicted molar refractivity (Wildman–Crippen MR) is 65.3 cm³/mol. The van der Waals surface area contributed by atoms with E-state index in [2.05, 4.69) is 10.6 Å². The molecule has 1 saturated carbocycles. The van der Waals surface area contributed by atoms with Crippen LogP contribution in [-0.2, 0) is 4.79 Å². The molecule has 0 unspecified atom stereocenters. The zero-order chi connectivity index (χ0) is 12.1. The molecule has 0 aromatic carbocycles. The summed E-state index contributed by atoms with van der Waals surface area (Å²) >= 11 is 0. The fourth-order valence-corrected chi connectivity index (χ4v) is 2.28. The Morgan fingerprint density at radius 3 is 2.35 bits per heavy atom. The van der Waals surface area contributed by atoms with E-state index in [1.807, 2.05) is 24.3 Å². The molecule has 1 fully saturated rings. The minimum atomic E-state index is -0.400. The molecule has 0 aromatic heterocycles. The molecule has 4 nitrogen and oxygen atoms in total. The van der Waals surface area contributed by atoms with Gasteiger partial charge in [0.1, 0.15) is 0 Å². The van der Waals surface area contributed by atoms with Gasteiger partial charge in [0, 0.05) is 5.92 Å². The number of urea groups is 1. The summed E-state index contributed by atoms with van der Waals surface area (Å²) in [7, 11) is 0. The van der Waals surface area contributed by atoms with Crippen molar-refractivity contribution in [1.29, 1.82) is 0 Å². The standard InChI is InChI=1S/C13H18N2O2/c16-12(10-6-4-5-7-10)15-13(17)14-11-8-2-1-3-9-11/h2-3,8-11H,1,4-7H2,(H2,14,15,16,17). The lowest BCUT2D eigenvalue weighted by Crippen LogP contribution is -2.45. The van der Waals surface area contributed by atoms with Crippen molar-refractivity contribution in [3.05, 3.63) is 24.3 Å². The number of amides is 3. The molecule has 2 aliphatic carbocycles. The summed E-state index contributed by atoms with van der Waals surface area (Å²) in [6.07, 6.45) is 12.7. The van der Waals surface area contributed by atoms with Crippen molar-refractivity contribution in [2.24, 2.45) is 5.92 Å². The lowest BCUT2D eigenvalue weighted by atomic mass is 10.1. The van der Waals surface area contributed by atoms with Crippen LogP contribution < -0.4 is 10.6 Å². The van der Waals surface area contributed by atoms with Crippen molar-refractivity contribution >= 4 is 11.9 Å². The summed E-state index contributed by atoms with van der Waals surface area (Å²) in [6, 6.07) is -0.497. The van der Waals surface area contributed by atoms with Gasteiger partial charge < -0.3 is 5.32 Å². The van der Waals surface area contributed by atoms with Crippen molar-refractivity contribution in [1.82, 2.24) is 10.6 Å². The van der Waals surface area contributed by atoms with Gasteiger partial charge in [-0.2, -0.15) is 0 Å². The Morgan fingerprint density at radius 1 is 1.06 bits per heavy atom.